The van der Waals surface area contributed by atoms with Crippen molar-refractivity contribution in [3.63, 3.8) is 0 Å². The minimum Gasteiger partial charge on any atom is -0.398 e. The van der Waals surface area contributed by atoms with E-state index in [0.29, 0.717) is 5.70 Å². The van der Waals surface area contributed by atoms with Crippen LogP contribution < -0.4 is 16.8 Å². The molecule has 0 aliphatic carbocycles. The normalized spacial score (nSPS) is 33.3. The van der Waals surface area contributed by atoms with Crippen molar-refractivity contribution in [3.05, 3.63) is 24.0 Å². The molecule has 1 aliphatic rings. The Morgan fingerprint density at radius 3 is 2.67 bits per heavy atom. The van der Waals surface area contributed by atoms with Gasteiger partial charge in [-0.05, 0) is 19.1 Å². The van der Waals surface area contributed by atoms with Crippen LogP contribution in [-0.2, 0) is 0 Å². The summed E-state index contributed by atoms with van der Waals surface area (Å²) in [5.74, 6) is 0. The topological polar surface area (TPSA) is 64.1 Å². The van der Waals surface area contributed by atoms with E-state index in [1.807, 2.05) is 13.0 Å². The average molecular weight is 125 g/mol. The van der Waals surface area contributed by atoms with E-state index >= 15 is 0 Å². The van der Waals surface area contributed by atoms with Crippen molar-refractivity contribution in [3.8, 4) is 0 Å². The van der Waals surface area contributed by atoms with Crippen molar-refractivity contribution in [2.75, 3.05) is 0 Å². The third-order valence-corrected chi connectivity index (χ3v) is 1.17. The van der Waals surface area contributed by atoms with Gasteiger partial charge < -0.3 is 16.8 Å². The monoisotopic (exact) mass is 125 g/mol. The number of nitrogens with two attached hydrogens (primary N) is 2. The van der Waals surface area contributed by atoms with Crippen molar-refractivity contribution >= 4 is 0 Å². The molecule has 0 fully saturated rings. The largest absolute Gasteiger partial charge is 0.398 e. The summed E-state index contributed by atoms with van der Waals surface area (Å²) in [6, 6.07) is 0. The molecule has 3 nitrogen and oxygen atoms in total. The SMILES string of the molecule is CC1(N)C=CC(N)=CN1. The maximum absolute atomic E-state index is 5.64. The Morgan fingerprint density at radius 2 is 2.33 bits per heavy atom. The maximum Gasteiger partial charge on any atom is 0.102 e. The number of nitrogens with one attached hydrogen (secondary N) is 1. The number of allylic oxidation sites excluding steroid dienone is 1. The molecule has 0 amide bonds. The highest BCUT2D eigenvalue weighted by Crippen LogP contribution is 2.03. The smallest absolute Gasteiger partial charge is 0.102 e. The summed E-state index contributed by atoms with van der Waals surface area (Å²) in [6.07, 6.45) is 5.30. The van der Waals surface area contributed by atoms with E-state index in [4.69, 9.17) is 11.5 Å². The summed E-state index contributed by atoms with van der Waals surface area (Å²) >= 11 is 0. The van der Waals surface area contributed by atoms with E-state index in [1.165, 1.54) is 0 Å². The van der Waals surface area contributed by atoms with Crippen LogP contribution in [0.1, 0.15) is 6.92 Å². The van der Waals surface area contributed by atoms with Crippen molar-refractivity contribution in [1.82, 2.24) is 5.32 Å². The molecule has 0 spiro atoms. The molecule has 0 bridgehead atoms. The third kappa shape index (κ3) is 1.47. The molecule has 0 aromatic heterocycles. The second-order valence-electron chi connectivity index (χ2n) is 2.40. The lowest BCUT2D eigenvalue weighted by Gasteiger charge is -2.23. The number of hydrogen-bond acceptors (Lipinski definition) is 3. The lowest BCUT2D eigenvalue weighted by Crippen LogP contribution is -2.47. The summed E-state index contributed by atoms with van der Waals surface area (Å²) in [7, 11) is 0. The zero-order valence-corrected chi connectivity index (χ0v) is 5.39. The van der Waals surface area contributed by atoms with Crippen LogP contribution >= 0.6 is 0 Å². The molecule has 3 heteroatoms. The zero-order valence-electron chi connectivity index (χ0n) is 5.39. The maximum atomic E-state index is 5.64. The van der Waals surface area contributed by atoms with Crippen molar-refractivity contribution < 1.29 is 0 Å². The first kappa shape index (κ1) is 6.16. The standard InChI is InChI=1S/C6H11N3/c1-6(8)3-2-5(7)4-9-6/h2-4,9H,7-8H2,1H3. The zero-order chi connectivity index (χ0) is 6.91. The van der Waals surface area contributed by atoms with Crippen LogP contribution in [0.5, 0.6) is 0 Å². The van der Waals surface area contributed by atoms with Crippen LogP contribution in [-0.4, -0.2) is 5.66 Å². The Bertz CT molecular complexity index is 167. The number of hydrogen-bond donors (Lipinski definition) is 3. The van der Waals surface area contributed by atoms with E-state index in [9.17, 15) is 0 Å². The van der Waals surface area contributed by atoms with Gasteiger partial charge in [0.25, 0.3) is 0 Å². The molecule has 1 heterocycles. The van der Waals surface area contributed by atoms with Gasteiger partial charge in [0.1, 0.15) is 5.66 Å². The average Bonchev–Trinajstić information content (AvgIpc) is 1.78. The predicted octanol–water partition coefficient (Wildman–Crippen LogP) is -0.379. The molecule has 0 saturated carbocycles. The molecule has 1 rings (SSSR count). The Labute approximate surface area is 54.4 Å². The van der Waals surface area contributed by atoms with Crippen molar-refractivity contribution in [2.24, 2.45) is 11.5 Å². The van der Waals surface area contributed by atoms with Crippen LogP contribution in [0.3, 0.4) is 0 Å². The van der Waals surface area contributed by atoms with Gasteiger partial charge in [-0.2, -0.15) is 0 Å². The van der Waals surface area contributed by atoms with Gasteiger partial charge in [-0.15, -0.1) is 0 Å². The fraction of sp³-hybridized carbons (Fsp3) is 0.333. The van der Waals surface area contributed by atoms with E-state index in [1.54, 1.807) is 12.3 Å². The molecule has 0 aromatic carbocycles. The molecule has 1 aliphatic heterocycles. The van der Waals surface area contributed by atoms with E-state index < -0.39 is 5.66 Å². The fourth-order valence-electron chi connectivity index (χ4n) is 0.604. The van der Waals surface area contributed by atoms with Crippen LogP contribution in [0.15, 0.2) is 24.0 Å². The molecule has 0 radical (unpaired) electrons. The van der Waals surface area contributed by atoms with Gasteiger partial charge >= 0.3 is 0 Å². The van der Waals surface area contributed by atoms with Crippen LogP contribution in [0.25, 0.3) is 0 Å². The van der Waals surface area contributed by atoms with Gasteiger partial charge in [-0.1, -0.05) is 0 Å². The summed E-state index contributed by atoms with van der Waals surface area (Å²) in [4.78, 5) is 0. The third-order valence-electron chi connectivity index (χ3n) is 1.17. The summed E-state index contributed by atoms with van der Waals surface area (Å²) in [5.41, 5.74) is 11.3. The molecule has 1 atom stereocenters. The molecule has 9 heavy (non-hydrogen) atoms. The van der Waals surface area contributed by atoms with Gasteiger partial charge in [-0.3, -0.25) is 0 Å². The molecule has 0 aromatic rings. The second-order valence-corrected chi connectivity index (χ2v) is 2.40. The fourth-order valence-corrected chi connectivity index (χ4v) is 0.604. The second kappa shape index (κ2) is 1.77. The number of rotatable bonds is 0. The first-order chi connectivity index (χ1) is 4.10. The lowest BCUT2D eigenvalue weighted by atomic mass is 10.1. The van der Waals surface area contributed by atoms with E-state index in [0.717, 1.165) is 0 Å². The Balaban J connectivity index is 2.70. The van der Waals surface area contributed by atoms with Gasteiger partial charge in [-0.25, -0.2) is 0 Å². The van der Waals surface area contributed by atoms with Crippen LogP contribution in [0.2, 0.25) is 0 Å². The Hall–Kier alpha value is -0.960. The molecule has 50 valence electrons. The molecular formula is C6H11N3. The quantitative estimate of drug-likeness (QED) is 0.413. The predicted molar refractivity (Wildman–Crippen MR) is 37.1 cm³/mol. The summed E-state index contributed by atoms with van der Waals surface area (Å²) in [5, 5.41) is 2.91. The Kier molecular flexibility index (Phi) is 1.21. The van der Waals surface area contributed by atoms with E-state index in [2.05, 4.69) is 5.32 Å². The lowest BCUT2D eigenvalue weighted by molar-refractivity contribution is 0.515. The minimum absolute atomic E-state index is 0.428. The van der Waals surface area contributed by atoms with Crippen molar-refractivity contribution in [2.45, 2.75) is 12.6 Å². The summed E-state index contributed by atoms with van der Waals surface area (Å²) < 4.78 is 0. The number of dihydropyridines is 1. The highest BCUT2D eigenvalue weighted by molar-refractivity contribution is 5.23. The van der Waals surface area contributed by atoms with Gasteiger partial charge in [0, 0.05) is 11.9 Å². The molecule has 5 N–H and O–H groups in total. The van der Waals surface area contributed by atoms with Crippen molar-refractivity contribution in [1.29, 1.82) is 0 Å². The first-order valence-electron chi connectivity index (χ1n) is 2.82. The first-order valence-corrected chi connectivity index (χ1v) is 2.82. The summed E-state index contributed by atoms with van der Waals surface area (Å²) in [6.45, 7) is 1.87. The highest BCUT2D eigenvalue weighted by atomic mass is 15.1. The highest BCUT2D eigenvalue weighted by Gasteiger charge is 2.13. The van der Waals surface area contributed by atoms with E-state index in [-0.39, 0.29) is 0 Å². The van der Waals surface area contributed by atoms with Crippen LogP contribution in [0, 0.1) is 0 Å². The van der Waals surface area contributed by atoms with Gasteiger partial charge in [0.15, 0.2) is 0 Å². The van der Waals surface area contributed by atoms with Gasteiger partial charge in [0.05, 0.1) is 0 Å². The minimum atomic E-state index is -0.428. The molecular weight excluding hydrogens is 114 g/mol. The van der Waals surface area contributed by atoms with Gasteiger partial charge in [0.2, 0.25) is 0 Å². The molecule has 1 unspecified atom stereocenters. The molecule has 0 saturated heterocycles. The Morgan fingerprint density at radius 1 is 1.67 bits per heavy atom. The van der Waals surface area contributed by atoms with Crippen LogP contribution in [0.4, 0.5) is 0 Å².